The molecule has 0 aliphatic carbocycles. The van der Waals surface area contributed by atoms with Crippen LogP contribution in [0.2, 0.25) is 0 Å². The van der Waals surface area contributed by atoms with Crippen LogP contribution in [0.1, 0.15) is 33.3 Å². The molecule has 0 fully saturated rings. The number of thioether (sulfide) groups is 1. The highest BCUT2D eigenvalue weighted by atomic mass is 32.2. The molecular formula is C35H34N4O5S. The standard InChI is InChI=1S/C35H34N4O5S/c1-22-12-14-28(23(2)17-22)39-35-32(33(37-39)24-9-6-5-7-10-24)34(27-18-25(42-3)13-15-29(27)43-4)45-21-31(41)38(35)20-30(40)36-19-26-11-8-16-44-26/h5-18,34H,19-21H2,1-4H3,(H,36,40)/t34-/m1/s1. The molecule has 10 heteroatoms. The molecule has 1 N–H and O–H groups in total. The van der Waals surface area contributed by atoms with Crippen LogP contribution in [-0.2, 0) is 16.1 Å². The van der Waals surface area contributed by atoms with Crippen LogP contribution in [0.3, 0.4) is 0 Å². The lowest BCUT2D eigenvalue weighted by Crippen LogP contribution is -2.42. The predicted octanol–water partition coefficient (Wildman–Crippen LogP) is 6.25. The Labute approximate surface area is 266 Å². The fraction of sp³-hybridized carbons (Fsp3) is 0.229. The number of methoxy groups -OCH3 is 2. The smallest absolute Gasteiger partial charge is 0.240 e. The Morgan fingerprint density at radius 1 is 1.02 bits per heavy atom. The molecule has 45 heavy (non-hydrogen) atoms. The summed E-state index contributed by atoms with van der Waals surface area (Å²) < 4.78 is 18.7. The Hall–Kier alpha value is -4.96. The third-order valence-corrected chi connectivity index (χ3v) is 9.01. The van der Waals surface area contributed by atoms with Crippen molar-refractivity contribution >= 4 is 29.4 Å². The number of amides is 2. The molecule has 1 aliphatic rings. The molecule has 3 heterocycles. The van der Waals surface area contributed by atoms with Gasteiger partial charge in [-0.05, 0) is 55.8 Å². The molecule has 0 radical (unpaired) electrons. The summed E-state index contributed by atoms with van der Waals surface area (Å²) in [6, 6.07) is 25.2. The third-order valence-electron chi connectivity index (χ3n) is 7.78. The highest BCUT2D eigenvalue weighted by Gasteiger charge is 2.39. The number of benzene rings is 3. The molecule has 1 atom stereocenters. The molecule has 1 aliphatic heterocycles. The number of nitrogens with zero attached hydrogens (tertiary/aromatic N) is 3. The second-order valence-corrected chi connectivity index (χ2v) is 11.9. The fourth-order valence-electron chi connectivity index (χ4n) is 5.63. The molecule has 9 nitrogen and oxygen atoms in total. The molecule has 0 unspecified atom stereocenters. The van der Waals surface area contributed by atoms with Gasteiger partial charge in [0, 0.05) is 16.7 Å². The molecule has 230 valence electrons. The number of ether oxygens (including phenoxy) is 2. The summed E-state index contributed by atoms with van der Waals surface area (Å²) in [5.74, 6) is 2.10. The van der Waals surface area contributed by atoms with Crippen molar-refractivity contribution in [3.63, 3.8) is 0 Å². The summed E-state index contributed by atoms with van der Waals surface area (Å²) in [7, 11) is 3.25. The van der Waals surface area contributed by atoms with Crippen LogP contribution in [0.15, 0.2) is 89.5 Å². The van der Waals surface area contributed by atoms with Gasteiger partial charge in [0.1, 0.15) is 29.6 Å². The number of fused-ring (bicyclic) bond motifs is 1. The van der Waals surface area contributed by atoms with E-state index in [4.69, 9.17) is 19.0 Å². The number of hydrogen-bond acceptors (Lipinski definition) is 7. The van der Waals surface area contributed by atoms with E-state index in [1.54, 1.807) is 37.5 Å². The van der Waals surface area contributed by atoms with Crippen LogP contribution in [-0.4, -0.2) is 48.1 Å². The number of aryl methyl sites for hydroxylation is 2. The first-order valence-electron chi connectivity index (χ1n) is 14.6. The molecule has 0 saturated heterocycles. The van der Waals surface area contributed by atoms with E-state index in [-0.39, 0.29) is 35.9 Å². The van der Waals surface area contributed by atoms with Crippen LogP contribution in [0.25, 0.3) is 16.9 Å². The van der Waals surface area contributed by atoms with Gasteiger partial charge in [0.2, 0.25) is 11.8 Å². The third kappa shape index (κ3) is 6.06. The van der Waals surface area contributed by atoms with E-state index in [9.17, 15) is 9.59 Å². The molecule has 3 aromatic carbocycles. The van der Waals surface area contributed by atoms with E-state index in [1.807, 2.05) is 79.2 Å². The average Bonchev–Trinajstić information content (AvgIpc) is 3.69. The Kier molecular flexibility index (Phi) is 8.66. The highest BCUT2D eigenvalue weighted by Crippen LogP contribution is 2.51. The maximum absolute atomic E-state index is 14.1. The first kappa shape index (κ1) is 30.1. The van der Waals surface area contributed by atoms with Crippen molar-refractivity contribution in [3.05, 3.63) is 113 Å². The predicted molar refractivity (Wildman–Crippen MR) is 175 cm³/mol. The lowest BCUT2D eigenvalue weighted by Gasteiger charge is -2.24. The Bertz CT molecular complexity index is 1830. The van der Waals surface area contributed by atoms with Crippen molar-refractivity contribution < 1.29 is 23.5 Å². The van der Waals surface area contributed by atoms with Crippen molar-refractivity contribution in [2.24, 2.45) is 0 Å². The fourth-order valence-corrected chi connectivity index (χ4v) is 6.84. The lowest BCUT2D eigenvalue weighted by atomic mass is 9.98. The van der Waals surface area contributed by atoms with Gasteiger partial charge >= 0.3 is 0 Å². The zero-order chi connectivity index (χ0) is 31.5. The molecule has 2 aromatic heterocycles. The van der Waals surface area contributed by atoms with Gasteiger partial charge in [0.05, 0.1) is 49.4 Å². The summed E-state index contributed by atoms with van der Waals surface area (Å²) in [6.45, 7) is 4.08. The highest BCUT2D eigenvalue weighted by molar-refractivity contribution is 8.00. The normalized spacial score (nSPS) is 14.5. The van der Waals surface area contributed by atoms with Gasteiger partial charge in [-0.2, -0.15) is 5.10 Å². The summed E-state index contributed by atoms with van der Waals surface area (Å²) in [6.07, 6.45) is 1.56. The number of carbonyl (C=O) groups is 2. The van der Waals surface area contributed by atoms with Crippen molar-refractivity contribution in [2.45, 2.75) is 25.6 Å². The van der Waals surface area contributed by atoms with Crippen LogP contribution < -0.4 is 19.7 Å². The average molecular weight is 623 g/mol. The van der Waals surface area contributed by atoms with Crippen molar-refractivity contribution in [1.82, 2.24) is 15.1 Å². The maximum Gasteiger partial charge on any atom is 0.240 e. The van der Waals surface area contributed by atoms with E-state index >= 15 is 0 Å². The topological polar surface area (TPSA) is 98.8 Å². The quantitative estimate of drug-likeness (QED) is 0.207. The van der Waals surface area contributed by atoms with Crippen molar-refractivity contribution in [3.8, 4) is 28.4 Å². The molecule has 5 aromatic rings. The summed E-state index contributed by atoms with van der Waals surface area (Å²) in [5.41, 5.74) is 6.17. The maximum atomic E-state index is 14.1. The van der Waals surface area contributed by atoms with Gasteiger partial charge in [0.15, 0.2) is 0 Å². The zero-order valence-electron chi connectivity index (χ0n) is 25.6. The number of furan rings is 1. The lowest BCUT2D eigenvalue weighted by molar-refractivity contribution is -0.123. The van der Waals surface area contributed by atoms with Crippen molar-refractivity contribution in [2.75, 3.05) is 31.4 Å². The zero-order valence-corrected chi connectivity index (χ0v) is 26.4. The minimum absolute atomic E-state index is 0.131. The number of hydrogen-bond donors (Lipinski definition) is 1. The Morgan fingerprint density at radius 3 is 2.56 bits per heavy atom. The minimum atomic E-state index is -0.375. The Balaban J connectivity index is 1.59. The van der Waals surface area contributed by atoms with Crippen LogP contribution in [0, 0.1) is 13.8 Å². The number of rotatable bonds is 9. The van der Waals surface area contributed by atoms with Gasteiger partial charge in [-0.1, -0.05) is 48.0 Å². The number of carbonyl (C=O) groups excluding carboxylic acids is 2. The Morgan fingerprint density at radius 2 is 1.84 bits per heavy atom. The summed E-state index contributed by atoms with van der Waals surface area (Å²) in [4.78, 5) is 29.1. The van der Waals surface area contributed by atoms with Crippen LogP contribution in [0.5, 0.6) is 11.5 Å². The second kappa shape index (κ2) is 13.0. The summed E-state index contributed by atoms with van der Waals surface area (Å²) in [5, 5.41) is 7.73. The van der Waals surface area contributed by atoms with Crippen LogP contribution >= 0.6 is 11.8 Å². The molecule has 0 saturated carbocycles. The summed E-state index contributed by atoms with van der Waals surface area (Å²) >= 11 is 1.48. The van der Waals surface area contributed by atoms with E-state index in [0.29, 0.717) is 28.8 Å². The number of nitrogens with one attached hydrogen (secondary N) is 1. The van der Waals surface area contributed by atoms with Crippen molar-refractivity contribution in [1.29, 1.82) is 0 Å². The second-order valence-electron chi connectivity index (χ2n) is 10.8. The first-order chi connectivity index (χ1) is 21.9. The minimum Gasteiger partial charge on any atom is -0.497 e. The first-order valence-corrected chi connectivity index (χ1v) is 15.6. The molecule has 6 rings (SSSR count). The molecule has 0 bridgehead atoms. The van der Waals surface area contributed by atoms with Gasteiger partial charge in [-0.15, -0.1) is 11.8 Å². The van der Waals surface area contributed by atoms with Gasteiger partial charge in [-0.3, -0.25) is 14.5 Å². The van der Waals surface area contributed by atoms with E-state index in [1.165, 1.54) is 11.8 Å². The number of anilines is 1. The van der Waals surface area contributed by atoms with E-state index in [0.717, 1.165) is 33.5 Å². The van der Waals surface area contributed by atoms with E-state index < -0.39 is 0 Å². The van der Waals surface area contributed by atoms with Gasteiger partial charge in [0.25, 0.3) is 0 Å². The SMILES string of the molecule is COc1ccc(OC)c([C@H]2SCC(=O)N(CC(=O)NCc3ccco3)c3c2c(-c2ccccc2)nn3-c2ccc(C)cc2C)c1. The molecule has 0 spiro atoms. The monoisotopic (exact) mass is 622 g/mol. The van der Waals surface area contributed by atoms with Crippen LogP contribution in [0.4, 0.5) is 5.82 Å². The van der Waals surface area contributed by atoms with Gasteiger partial charge in [-0.25, -0.2) is 4.68 Å². The molecular weight excluding hydrogens is 588 g/mol. The molecule has 2 amide bonds. The number of aromatic nitrogens is 2. The van der Waals surface area contributed by atoms with Gasteiger partial charge < -0.3 is 19.2 Å². The largest absolute Gasteiger partial charge is 0.497 e. The van der Waals surface area contributed by atoms with E-state index in [2.05, 4.69) is 11.4 Å².